The number of nitrogens with one attached hydrogen (secondary N) is 2. The van der Waals surface area contributed by atoms with E-state index in [2.05, 4.69) is 25.7 Å². The Morgan fingerprint density at radius 2 is 1.81 bits per heavy atom. The summed E-state index contributed by atoms with van der Waals surface area (Å²) in [6, 6.07) is 16.7. The minimum atomic E-state index is -0.216. The number of fused-ring (bicyclic) bond motifs is 1. The molecule has 0 radical (unpaired) electrons. The third kappa shape index (κ3) is 2.83. The van der Waals surface area contributed by atoms with Crippen molar-refractivity contribution in [3.8, 4) is 11.3 Å². The van der Waals surface area contributed by atoms with Gasteiger partial charge in [0, 0.05) is 10.9 Å². The normalized spacial score (nSPS) is 15.4. The van der Waals surface area contributed by atoms with E-state index in [0.717, 1.165) is 52.8 Å². The molecule has 2 N–H and O–H groups in total. The van der Waals surface area contributed by atoms with Crippen molar-refractivity contribution >= 4 is 16.7 Å². The zero-order chi connectivity index (χ0) is 18.3. The van der Waals surface area contributed by atoms with Crippen LogP contribution in [-0.2, 0) is 5.54 Å². The third-order valence-electron chi connectivity index (χ3n) is 5.37. The number of benzene rings is 2. The number of anilines is 1. The van der Waals surface area contributed by atoms with Gasteiger partial charge in [-0.2, -0.15) is 5.10 Å². The average Bonchev–Trinajstić information content (AvgIpc) is 3.14. The number of hydrogen-bond donors (Lipinski definition) is 2. The molecule has 5 rings (SSSR count). The Hall–Kier alpha value is -3.28. The molecule has 1 saturated carbocycles. The van der Waals surface area contributed by atoms with Gasteiger partial charge in [0.2, 0.25) is 0 Å². The summed E-state index contributed by atoms with van der Waals surface area (Å²) in [4.78, 5) is 0. The molecule has 0 atom stereocenters. The maximum Gasteiger partial charge on any atom is 0.149 e. The quantitative estimate of drug-likeness (QED) is 0.557. The molecule has 27 heavy (non-hydrogen) atoms. The lowest BCUT2D eigenvalue weighted by molar-refractivity contribution is 0.283. The van der Waals surface area contributed by atoms with Crippen molar-refractivity contribution in [3.05, 3.63) is 72.2 Å². The number of aromatic amines is 1. The average molecular weight is 359 g/mol. The molecule has 4 aromatic rings. The van der Waals surface area contributed by atoms with Gasteiger partial charge in [0.15, 0.2) is 0 Å². The smallest absolute Gasteiger partial charge is 0.149 e. The summed E-state index contributed by atoms with van der Waals surface area (Å²) in [5, 5.41) is 20.3. The number of H-pyrrole nitrogens is 1. The van der Waals surface area contributed by atoms with Crippen molar-refractivity contribution in [2.75, 3.05) is 5.32 Å². The van der Waals surface area contributed by atoms with Gasteiger partial charge < -0.3 is 5.32 Å². The van der Waals surface area contributed by atoms with E-state index < -0.39 is 0 Å². The predicted molar refractivity (Wildman–Crippen MR) is 103 cm³/mol. The van der Waals surface area contributed by atoms with Crippen LogP contribution in [0.4, 0.5) is 10.2 Å². The molecule has 1 aliphatic rings. The van der Waals surface area contributed by atoms with Gasteiger partial charge in [-0.1, -0.05) is 18.2 Å². The van der Waals surface area contributed by atoms with E-state index in [1.54, 1.807) is 6.20 Å². The van der Waals surface area contributed by atoms with Crippen molar-refractivity contribution in [1.82, 2.24) is 20.4 Å². The second-order valence-electron chi connectivity index (χ2n) is 7.04. The summed E-state index contributed by atoms with van der Waals surface area (Å²) in [6.07, 6.45) is 4.93. The van der Waals surface area contributed by atoms with E-state index in [9.17, 15) is 4.39 Å². The SMILES string of the molecule is Fc1ccc(C2(Nc3ccc(-c4ccc5[nH]ncc5c4)nn3)CCC2)cc1. The first kappa shape index (κ1) is 15.9. The molecule has 134 valence electrons. The third-order valence-corrected chi connectivity index (χ3v) is 5.37. The maximum atomic E-state index is 13.3. The van der Waals surface area contributed by atoms with Crippen molar-refractivity contribution in [2.24, 2.45) is 0 Å². The van der Waals surface area contributed by atoms with E-state index in [4.69, 9.17) is 0 Å². The van der Waals surface area contributed by atoms with Gasteiger partial charge in [-0.15, -0.1) is 10.2 Å². The Labute approximate surface area is 155 Å². The van der Waals surface area contributed by atoms with Gasteiger partial charge in [-0.05, 0) is 61.2 Å². The highest BCUT2D eigenvalue weighted by Crippen LogP contribution is 2.43. The number of nitrogens with zero attached hydrogens (tertiary/aromatic N) is 3. The van der Waals surface area contributed by atoms with Gasteiger partial charge in [-0.25, -0.2) is 4.39 Å². The van der Waals surface area contributed by atoms with Crippen LogP contribution in [0.25, 0.3) is 22.2 Å². The first-order valence-electron chi connectivity index (χ1n) is 9.03. The molecular formula is C21H18FN5. The van der Waals surface area contributed by atoms with E-state index in [0.29, 0.717) is 0 Å². The lowest BCUT2D eigenvalue weighted by atomic mass is 9.72. The first-order chi connectivity index (χ1) is 13.2. The Morgan fingerprint density at radius 3 is 2.52 bits per heavy atom. The van der Waals surface area contributed by atoms with E-state index >= 15 is 0 Å². The van der Waals surface area contributed by atoms with Crippen LogP contribution in [-0.4, -0.2) is 20.4 Å². The molecule has 1 fully saturated rings. The van der Waals surface area contributed by atoms with Gasteiger partial charge in [0.25, 0.3) is 0 Å². The fourth-order valence-electron chi connectivity index (χ4n) is 3.69. The molecule has 0 spiro atoms. The molecule has 0 bridgehead atoms. The van der Waals surface area contributed by atoms with Crippen molar-refractivity contribution in [2.45, 2.75) is 24.8 Å². The molecule has 0 saturated heterocycles. The molecule has 1 aliphatic carbocycles. The fourth-order valence-corrected chi connectivity index (χ4v) is 3.69. The second-order valence-corrected chi connectivity index (χ2v) is 7.04. The molecule has 2 aromatic carbocycles. The summed E-state index contributed by atoms with van der Waals surface area (Å²) in [5.41, 5.74) is 3.72. The summed E-state index contributed by atoms with van der Waals surface area (Å²) >= 11 is 0. The number of rotatable bonds is 4. The Morgan fingerprint density at radius 1 is 0.963 bits per heavy atom. The summed E-state index contributed by atoms with van der Waals surface area (Å²) in [6.45, 7) is 0. The first-order valence-corrected chi connectivity index (χ1v) is 9.03. The van der Waals surface area contributed by atoms with Gasteiger partial charge in [-0.3, -0.25) is 5.10 Å². The minimum Gasteiger partial charge on any atom is -0.359 e. The topological polar surface area (TPSA) is 66.5 Å². The zero-order valence-electron chi connectivity index (χ0n) is 14.6. The minimum absolute atomic E-state index is 0.181. The Balaban J connectivity index is 1.40. The number of aromatic nitrogens is 4. The highest BCUT2D eigenvalue weighted by Gasteiger charge is 2.39. The van der Waals surface area contributed by atoms with Crippen LogP contribution in [0.15, 0.2) is 60.8 Å². The lowest BCUT2D eigenvalue weighted by Crippen LogP contribution is -2.42. The van der Waals surface area contributed by atoms with Crippen molar-refractivity contribution in [3.63, 3.8) is 0 Å². The van der Waals surface area contributed by atoms with E-state index in [1.165, 1.54) is 12.1 Å². The van der Waals surface area contributed by atoms with Gasteiger partial charge in [0.05, 0.1) is 22.9 Å². The molecule has 2 heterocycles. The van der Waals surface area contributed by atoms with Crippen molar-refractivity contribution in [1.29, 1.82) is 0 Å². The largest absolute Gasteiger partial charge is 0.359 e. The highest BCUT2D eigenvalue weighted by atomic mass is 19.1. The zero-order valence-corrected chi connectivity index (χ0v) is 14.6. The lowest BCUT2D eigenvalue weighted by Gasteiger charge is -2.43. The predicted octanol–water partition coefficient (Wildman–Crippen LogP) is 4.65. The molecule has 0 aliphatic heterocycles. The van der Waals surface area contributed by atoms with Crippen LogP contribution in [0, 0.1) is 5.82 Å². The van der Waals surface area contributed by atoms with Crippen molar-refractivity contribution < 1.29 is 4.39 Å². The van der Waals surface area contributed by atoms with Crippen LogP contribution in [0.5, 0.6) is 0 Å². The van der Waals surface area contributed by atoms with Crippen LogP contribution in [0.1, 0.15) is 24.8 Å². The van der Waals surface area contributed by atoms with Crippen LogP contribution >= 0.6 is 0 Å². The summed E-state index contributed by atoms with van der Waals surface area (Å²) < 4.78 is 13.3. The highest BCUT2D eigenvalue weighted by molar-refractivity contribution is 5.83. The molecule has 5 nitrogen and oxygen atoms in total. The number of halogens is 1. The molecule has 2 aromatic heterocycles. The molecule has 0 amide bonds. The van der Waals surface area contributed by atoms with Gasteiger partial charge >= 0.3 is 0 Å². The van der Waals surface area contributed by atoms with E-state index in [1.807, 2.05) is 42.5 Å². The monoisotopic (exact) mass is 359 g/mol. The summed E-state index contributed by atoms with van der Waals surface area (Å²) in [5.74, 6) is 0.513. The van der Waals surface area contributed by atoms with E-state index in [-0.39, 0.29) is 11.4 Å². The standard InChI is InChI=1S/C21H18FN5/c22-17-5-3-16(4-6-17)21(10-1-11-21)24-20-9-8-18(26-27-20)14-2-7-19-15(12-14)13-23-25-19/h2-9,12-13H,1,10-11H2,(H,23,25)(H,24,27). The molecule has 6 heteroatoms. The molecular weight excluding hydrogens is 341 g/mol. The maximum absolute atomic E-state index is 13.3. The van der Waals surface area contributed by atoms with Gasteiger partial charge in [0.1, 0.15) is 11.6 Å². The molecule has 0 unspecified atom stereocenters. The second kappa shape index (κ2) is 6.16. The summed E-state index contributed by atoms with van der Waals surface area (Å²) in [7, 11) is 0. The van der Waals surface area contributed by atoms with Crippen LogP contribution in [0.3, 0.4) is 0 Å². The van der Waals surface area contributed by atoms with Crippen LogP contribution in [0.2, 0.25) is 0 Å². The fraction of sp³-hybridized carbons (Fsp3) is 0.190. The number of hydrogen-bond acceptors (Lipinski definition) is 4. The Kier molecular flexibility index (Phi) is 3.63. The Bertz CT molecular complexity index is 1080. The van der Waals surface area contributed by atoms with Crippen LogP contribution < -0.4 is 5.32 Å².